The van der Waals surface area contributed by atoms with E-state index in [9.17, 15) is 0 Å². The number of nitrogens with one attached hydrogen (secondary N) is 1. The Hall–Kier alpha value is -1.40. The van der Waals surface area contributed by atoms with E-state index in [2.05, 4.69) is 20.2 Å². The quantitative estimate of drug-likeness (QED) is 0.767. The zero-order valence-corrected chi connectivity index (χ0v) is 10.1. The molecule has 0 aromatic carbocycles. The lowest BCUT2D eigenvalue weighted by molar-refractivity contribution is 0.122. The van der Waals surface area contributed by atoms with Crippen molar-refractivity contribution in [2.75, 3.05) is 49.6 Å². The maximum absolute atomic E-state index is 5.46. The number of hydrogen-bond donors (Lipinski definition) is 2. The van der Waals surface area contributed by atoms with Crippen LogP contribution < -0.4 is 16.0 Å². The minimum Gasteiger partial charge on any atom is -0.378 e. The van der Waals surface area contributed by atoms with Crippen molar-refractivity contribution in [2.45, 2.75) is 6.92 Å². The van der Waals surface area contributed by atoms with Crippen molar-refractivity contribution in [1.29, 1.82) is 0 Å². The Labute approximate surface area is 101 Å². The van der Waals surface area contributed by atoms with E-state index in [0.29, 0.717) is 6.54 Å². The Kier molecular flexibility index (Phi) is 4.11. The molecule has 0 amide bonds. The molecular formula is C11H19N5O. The average molecular weight is 237 g/mol. The second kappa shape index (κ2) is 5.79. The summed E-state index contributed by atoms with van der Waals surface area (Å²) < 4.78 is 5.32. The molecule has 17 heavy (non-hydrogen) atoms. The molecule has 6 heteroatoms. The first-order valence-corrected chi connectivity index (χ1v) is 5.92. The maximum Gasteiger partial charge on any atom is 0.227 e. The molecule has 0 bridgehead atoms. The molecule has 94 valence electrons. The van der Waals surface area contributed by atoms with Gasteiger partial charge in [-0.15, -0.1) is 0 Å². The number of aromatic nitrogens is 2. The van der Waals surface area contributed by atoms with Crippen molar-refractivity contribution in [3.8, 4) is 0 Å². The van der Waals surface area contributed by atoms with Crippen molar-refractivity contribution in [3.05, 3.63) is 11.8 Å². The molecule has 1 aliphatic heterocycles. The molecule has 0 aliphatic carbocycles. The van der Waals surface area contributed by atoms with Gasteiger partial charge in [0.1, 0.15) is 5.82 Å². The van der Waals surface area contributed by atoms with Gasteiger partial charge in [-0.1, -0.05) is 0 Å². The first-order valence-electron chi connectivity index (χ1n) is 5.92. The number of hydrogen-bond acceptors (Lipinski definition) is 6. The third kappa shape index (κ3) is 3.28. The molecule has 1 aromatic heterocycles. The highest BCUT2D eigenvalue weighted by Crippen LogP contribution is 2.14. The highest BCUT2D eigenvalue weighted by atomic mass is 16.5. The zero-order valence-electron chi connectivity index (χ0n) is 10.1. The molecule has 0 atom stereocenters. The van der Waals surface area contributed by atoms with Crippen LogP contribution in [0, 0.1) is 6.92 Å². The fourth-order valence-corrected chi connectivity index (χ4v) is 1.75. The van der Waals surface area contributed by atoms with Gasteiger partial charge in [-0.25, -0.2) is 4.98 Å². The molecule has 1 aliphatic rings. The molecule has 1 saturated heterocycles. The van der Waals surface area contributed by atoms with E-state index >= 15 is 0 Å². The molecule has 6 nitrogen and oxygen atoms in total. The van der Waals surface area contributed by atoms with E-state index in [1.54, 1.807) is 0 Å². The van der Waals surface area contributed by atoms with E-state index in [1.807, 2.05) is 13.0 Å². The maximum atomic E-state index is 5.46. The molecule has 1 fully saturated rings. The monoisotopic (exact) mass is 237 g/mol. The van der Waals surface area contributed by atoms with Crippen LogP contribution in [0.1, 0.15) is 5.69 Å². The van der Waals surface area contributed by atoms with E-state index in [0.717, 1.165) is 50.3 Å². The van der Waals surface area contributed by atoms with E-state index in [1.165, 1.54) is 0 Å². The van der Waals surface area contributed by atoms with Crippen molar-refractivity contribution < 1.29 is 4.74 Å². The summed E-state index contributed by atoms with van der Waals surface area (Å²) >= 11 is 0. The normalized spacial score (nSPS) is 16.0. The van der Waals surface area contributed by atoms with Crippen LogP contribution in [0.25, 0.3) is 0 Å². The lowest BCUT2D eigenvalue weighted by Gasteiger charge is -2.27. The minimum atomic E-state index is 0.593. The Bertz CT molecular complexity index is 365. The number of anilines is 2. The van der Waals surface area contributed by atoms with Crippen molar-refractivity contribution in [1.82, 2.24) is 9.97 Å². The number of nitrogens with two attached hydrogens (primary N) is 1. The topological polar surface area (TPSA) is 76.3 Å². The zero-order chi connectivity index (χ0) is 12.1. The first kappa shape index (κ1) is 12.1. The smallest absolute Gasteiger partial charge is 0.227 e. The second-order valence-electron chi connectivity index (χ2n) is 4.01. The van der Waals surface area contributed by atoms with Crippen LogP contribution in [0.2, 0.25) is 0 Å². The van der Waals surface area contributed by atoms with Gasteiger partial charge in [-0.05, 0) is 6.92 Å². The predicted molar refractivity (Wildman–Crippen MR) is 67.3 cm³/mol. The SMILES string of the molecule is Cc1cc(NCCN)nc(N2CCOCC2)n1. The van der Waals surface area contributed by atoms with Crippen LogP contribution in [-0.2, 0) is 4.74 Å². The summed E-state index contributed by atoms with van der Waals surface area (Å²) in [6, 6.07) is 1.93. The number of nitrogens with zero attached hydrogens (tertiary/aromatic N) is 3. The fraction of sp³-hybridized carbons (Fsp3) is 0.636. The predicted octanol–water partition coefficient (Wildman–Crippen LogP) is -0.00778. The van der Waals surface area contributed by atoms with Gasteiger partial charge in [0.15, 0.2) is 0 Å². The Morgan fingerprint density at radius 1 is 1.41 bits per heavy atom. The van der Waals surface area contributed by atoms with Gasteiger partial charge in [0.25, 0.3) is 0 Å². The molecule has 0 unspecified atom stereocenters. The van der Waals surface area contributed by atoms with Gasteiger partial charge in [0, 0.05) is 37.9 Å². The second-order valence-corrected chi connectivity index (χ2v) is 4.01. The highest BCUT2D eigenvalue weighted by Gasteiger charge is 2.14. The van der Waals surface area contributed by atoms with Crippen molar-refractivity contribution >= 4 is 11.8 Å². The van der Waals surface area contributed by atoms with Crippen LogP contribution in [0.4, 0.5) is 11.8 Å². The minimum absolute atomic E-state index is 0.593. The lowest BCUT2D eigenvalue weighted by atomic mass is 10.4. The third-order valence-electron chi connectivity index (χ3n) is 2.59. The van der Waals surface area contributed by atoms with Crippen molar-refractivity contribution in [2.24, 2.45) is 5.73 Å². The summed E-state index contributed by atoms with van der Waals surface area (Å²) in [6.07, 6.45) is 0. The summed E-state index contributed by atoms with van der Waals surface area (Å²) in [5.41, 5.74) is 6.42. The first-order chi connectivity index (χ1) is 8.29. The molecular weight excluding hydrogens is 218 g/mol. The van der Waals surface area contributed by atoms with Gasteiger partial charge < -0.3 is 20.7 Å². The standard InChI is InChI=1S/C11H19N5O/c1-9-8-10(13-3-2-12)15-11(14-9)16-4-6-17-7-5-16/h8H,2-7,12H2,1H3,(H,13,14,15). The van der Waals surface area contributed by atoms with Crippen LogP contribution in [0.3, 0.4) is 0 Å². The largest absolute Gasteiger partial charge is 0.378 e. The number of ether oxygens (including phenoxy) is 1. The summed E-state index contributed by atoms with van der Waals surface area (Å²) in [6.45, 7) is 6.46. The summed E-state index contributed by atoms with van der Waals surface area (Å²) in [7, 11) is 0. The van der Waals surface area contributed by atoms with Gasteiger partial charge in [-0.3, -0.25) is 0 Å². The number of aryl methyl sites for hydroxylation is 1. The summed E-state index contributed by atoms with van der Waals surface area (Å²) in [5, 5.41) is 3.18. The van der Waals surface area contributed by atoms with Gasteiger partial charge in [-0.2, -0.15) is 4.98 Å². The Morgan fingerprint density at radius 2 is 2.18 bits per heavy atom. The van der Waals surface area contributed by atoms with Gasteiger partial charge >= 0.3 is 0 Å². The molecule has 0 radical (unpaired) electrons. The lowest BCUT2D eigenvalue weighted by Crippen LogP contribution is -2.37. The fourth-order valence-electron chi connectivity index (χ4n) is 1.75. The van der Waals surface area contributed by atoms with E-state index < -0.39 is 0 Å². The summed E-state index contributed by atoms with van der Waals surface area (Å²) in [5.74, 6) is 1.61. The molecule has 2 heterocycles. The highest BCUT2D eigenvalue weighted by molar-refractivity contribution is 5.43. The summed E-state index contributed by atoms with van der Waals surface area (Å²) in [4.78, 5) is 11.1. The van der Waals surface area contributed by atoms with Crippen LogP contribution >= 0.6 is 0 Å². The van der Waals surface area contributed by atoms with E-state index in [-0.39, 0.29) is 0 Å². The average Bonchev–Trinajstić information content (AvgIpc) is 2.37. The number of rotatable bonds is 4. The molecule has 0 spiro atoms. The third-order valence-corrected chi connectivity index (χ3v) is 2.59. The van der Waals surface area contributed by atoms with Crippen LogP contribution in [-0.4, -0.2) is 49.4 Å². The molecule has 1 aromatic rings. The molecule has 0 saturated carbocycles. The van der Waals surface area contributed by atoms with Crippen LogP contribution in [0.15, 0.2) is 6.07 Å². The van der Waals surface area contributed by atoms with Gasteiger partial charge in [0.05, 0.1) is 13.2 Å². The Morgan fingerprint density at radius 3 is 2.88 bits per heavy atom. The molecule has 3 N–H and O–H groups in total. The van der Waals surface area contributed by atoms with Crippen molar-refractivity contribution in [3.63, 3.8) is 0 Å². The number of morpholine rings is 1. The van der Waals surface area contributed by atoms with Crippen LogP contribution in [0.5, 0.6) is 0 Å². The Balaban J connectivity index is 2.12. The molecule has 2 rings (SSSR count). The van der Waals surface area contributed by atoms with E-state index in [4.69, 9.17) is 10.5 Å². The van der Waals surface area contributed by atoms with Gasteiger partial charge in [0.2, 0.25) is 5.95 Å².